The van der Waals surface area contributed by atoms with Crippen molar-refractivity contribution in [1.82, 2.24) is 15.2 Å². The second kappa shape index (κ2) is 4.91. The first-order valence-corrected chi connectivity index (χ1v) is 7.91. The first-order chi connectivity index (χ1) is 8.65. The summed E-state index contributed by atoms with van der Waals surface area (Å²) in [4.78, 5) is 8.62. The fourth-order valence-corrected chi connectivity index (χ4v) is 4.56. The van der Waals surface area contributed by atoms with Crippen molar-refractivity contribution < 1.29 is 0 Å². The van der Waals surface area contributed by atoms with Crippen molar-refractivity contribution in [1.29, 1.82) is 0 Å². The van der Waals surface area contributed by atoms with Crippen LogP contribution < -0.4 is 5.32 Å². The molecule has 2 saturated heterocycles. The van der Waals surface area contributed by atoms with Gasteiger partial charge in [0, 0.05) is 29.5 Å². The molecule has 0 spiro atoms. The SMILES string of the molecule is Cc1nc(C)c(C(C)NC2CCN3CCCC23)s1. The molecule has 2 aliphatic heterocycles. The molecular weight excluding hydrogens is 242 g/mol. The van der Waals surface area contributed by atoms with Gasteiger partial charge < -0.3 is 5.32 Å². The van der Waals surface area contributed by atoms with E-state index in [1.807, 2.05) is 11.3 Å². The number of hydrogen-bond donors (Lipinski definition) is 1. The van der Waals surface area contributed by atoms with Gasteiger partial charge in [0.05, 0.1) is 10.7 Å². The summed E-state index contributed by atoms with van der Waals surface area (Å²) in [5.74, 6) is 0. The molecule has 1 aromatic rings. The summed E-state index contributed by atoms with van der Waals surface area (Å²) in [5.41, 5.74) is 1.21. The van der Waals surface area contributed by atoms with E-state index in [2.05, 4.69) is 36.0 Å². The van der Waals surface area contributed by atoms with Gasteiger partial charge >= 0.3 is 0 Å². The van der Waals surface area contributed by atoms with E-state index < -0.39 is 0 Å². The third kappa shape index (κ3) is 2.22. The Kier molecular flexibility index (Phi) is 3.43. The van der Waals surface area contributed by atoms with Crippen LogP contribution in [0.2, 0.25) is 0 Å². The monoisotopic (exact) mass is 265 g/mol. The largest absolute Gasteiger partial charge is 0.305 e. The van der Waals surface area contributed by atoms with Crippen LogP contribution in [-0.4, -0.2) is 35.1 Å². The lowest BCUT2D eigenvalue weighted by Gasteiger charge is -2.24. The minimum Gasteiger partial charge on any atom is -0.305 e. The normalized spacial score (nSPS) is 29.7. The van der Waals surface area contributed by atoms with Crippen LogP contribution in [0.25, 0.3) is 0 Å². The van der Waals surface area contributed by atoms with E-state index in [1.54, 1.807) is 0 Å². The van der Waals surface area contributed by atoms with Crippen LogP contribution in [0.3, 0.4) is 0 Å². The van der Waals surface area contributed by atoms with Crippen molar-refractivity contribution in [2.45, 2.75) is 58.2 Å². The summed E-state index contributed by atoms with van der Waals surface area (Å²) < 4.78 is 0. The number of nitrogens with one attached hydrogen (secondary N) is 1. The van der Waals surface area contributed by atoms with E-state index in [-0.39, 0.29) is 0 Å². The molecule has 0 bridgehead atoms. The zero-order valence-electron chi connectivity index (χ0n) is 11.6. The number of hydrogen-bond acceptors (Lipinski definition) is 4. The third-order valence-electron chi connectivity index (χ3n) is 4.40. The number of aryl methyl sites for hydroxylation is 2. The maximum absolute atomic E-state index is 4.54. The highest BCUT2D eigenvalue weighted by Gasteiger charge is 2.37. The minimum atomic E-state index is 0.446. The Hall–Kier alpha value is -0.450. The molecule has 3 atom stereocenters. The molecule has 0 saturated carbocycles. The van der Waals surface area contributed by atoms with Crippen molar-refractivity contribution in [2.24, 2.45) is 0 Å². The first kappa shape index (κ1) is 12.6. The van der Waals surface area contributed by atoms with E-state index in [0.29, 0.717) is 12.1 Å². The molecule has 3 unspecified atom stereocenters. The van der Waals surface area contributed by atoms with Crippen LogP contribution in [0.5, 0.6) is 0 Å². The number of fused-ring (bicyclic) bond motifs is 1. The molecule has 3 heterocycles. The van der Waals surface area contributed by atoms with Crippen molar-refractivity contribution in [3.8, 4) is 0 Å². The van der Waals surface area contributed by atoms with Gasteiger partial charge in [0.2, 0.25) is 0 Å². The Labute approximate surface area is 114 Å². The molecule has 100 valence electrons. The third-order valence-corrected chi connectivity index (χ3v) is 5.66. The predicted octanol–water partition coefficient (Wildman–Crippen LogP) is 2.65. The van der Waals surface area contributed by atoms with Crippen LogP contribution in [-0.2, 0) is 0 Å². The highest BCUT2D eigenvalue weighted by Crippen LogP contribution is 2.31. The molecule has 3 nitrogen and oxygen atoms in total. The van der Waals surface area contributed by atoms with Crippen LogP contribution in [0.1, 0.15) is 47.8 Å². The van der Waals surface area contributed by atoms with Gasteiger partial charge in [-0.05, 0) is 46.6 Å². The average molecular weight is 265 g/mol. The molecule has 0 radical (unpaired) electrons. The molecule has 0 aliphatic carbocycles. The van der Waals surface area contributed by atoms with Crippen molar-refractivity contribution in [3.63, 3.8) is 0 Å². The molecule has 0 aromatic carbocycles. The van der Waals surface area contributed by atoms with Gasteiger partial charge in [-0.25, -0.2) is 4.98 Å². The molecule has 18 heavy (non-hydrogen) atoms. The molecule has 2 aliphatic rings. The highest BCUT2D eigenvalue weighted by atomic mass is 32.1. The predicted molar refractivity (Wildman–Crippen MR) is 76.1 cm³/mol. The van der Waals surface area contributed by atoms with Crippen LogP contribution in [0.15, 0.2) is 0 Å². The van der Waals surface area contributed by atoms with Crippen molar-refractivity contribution >= 4 is 11.3 Å². The Morgan fingerprint density at radius 1 is 1.33 bits per heavy atom. The van der Waals surface area contributed by atoms with Gasteiger partial charge in [-0.3, -0.25) is 4.90 Å². The van der Waals surface area contributed by atoms with Gasteiger partial charge in [-0.1, -0.05) is 0 Å². The molecule has 0 amide bonds. The van der Waals surface area contributed by atoms with E-state index >= 15 is 0 Å². The molecule has 3 rings (SSSR count). The molecular formula is C14H23N3S. The number of thiazole rings is 1. The van der Waals surface area contributed by atoms with E-state index in [9.17, 15) is 0 Å². The van der Waals surface area contributed by atoms with Gasteiger partial charge in [0.15, 0.2) is 0 Å². The van der Waals surface area contributed by atoms with E-state index in [1.165, 1.54) is 47.9 Å². The quantitative estimate of drug-likeness (QED) is 0.910. The zero-order chi connectivity index (χ0) is 12.7. The van der Waals surface area contributed by atoms with Gasteiger partial charge in [-0.2, -0.15) is 0 Å². The first-order valence-electron chi connectivity index (χ1n) is 7.09. The Bertz CT molecular complexity index is 429. The molecule has 4 heteroatoms. The average Bonchev–Trinajstić information content (AvgIpc) is 2.96. The van der Waals surface area contributed by atoms with Crippen LogP contribution in [0.4, 0.5) is 0 Å². The summed E-state index contributed by atoms with van der Waals surface area (Å²) in [6, 6.07) is 1.92. The number of aromatic nitrogens is 1. The van der Waals surface area contributed by atoms with Crippen LogP contribution in [0, 0.1) is 13.8 Å². The lowest BCUT2D eigenvalue weighted by atomic mass is 10.1. The fraction of sp³-hybridized carbons (Fsp3) is 0.786. The lowest BCUT2D eigenvalue weighted by Crippen LogP contribution is -2.40. The highest BCUT2D eigenvalue weighted by molar-refractivity contribution is 7.11. The Morgan fingerprint density at radius 3 is 2.89 bits per heavy atom. The summed E-state index contributed by atoms with van der Waals surface area (Å²) in [7, 11) is 0. The zero-order valence-corrected chi connectivity index (χ0v) is 12.4. The summed E-state index contributed by atoms with van der Waals surface area (Å²) in [6.07, 6.45) is 4.08. The maximum Gasteiger partial charge on any atom is 0.0900 e. The van der Waals surface area contributed by atoms with Crippen LogP contribution >= 0.6 is 11.3 Å². The fourth-order valence-electron chi connectivity index (χ4n) is 3.62. The second-order valence-electron chi connectivity index (χ2n) is 5.71. The Morgan fingerprint density at radius 2 is 2.17 bits per heavy atom. The summed E-state index contributed by atoms with van der Waals surface area (Å²) >= 11 is 1.84. The standard InChI is InChI=1S/C14H23N3S/c1-9-14(18-11(3)15-9)10(2)16-12-6-8-17-7-4-5-13(12)17/h10,12-13,16H,4-8H2,1-3H3. The molecule has 2 fully saturated rings. The smallest absolute Gasteiger partial charge is 0.0900 e. The van der Waals surface area contributed by atoms with Crippen molar-refractivity contribution in [2.75, 3.05) is 13.1 Å². The van der Waals surface area contributed by atoms with Gasteiger partial charge in [0.25, 0.3) is 0 Å². The Balaban J connectivity index is 1.67. The van der Waals surface area contributed by atoms with Gasteiger partial charge in [-0.15, -0.1) is 11.3 Å². The van der Waals surface area contributed by atoms with Crippen molar-refractivity contribution in [3.05, 3.63) is 15.6 Å². The number of nitrogens with zero attached hydrogens (tertiary/aromatic N) is 2. The number of rotatable bonds is 3. The van der Waals surface area contributed by atoms with E-state index in [4.69, 9.17) is 0 Å². The maximum atomic E-state index is 4.54. The summed E-state index contributed by atoms with van der Waals surface area (Å²) in [5, 5.41) is 5.03. The lowest BCUT2D eigenvalue weighted by molar-refractivity contribution is 0.291. The molecule has 1 N–H and O–H groups in total. The molecule has 1 aromatic heterocycles. The second-order valence-corrected chi connectivity index (χ2v) is 6.95. The minimum absolute atomic E-state index is 0.446. The summed E-state index contributed by atoms with van der Waals surface area (Å²) in [6.45, 7) is 9.12. The topological polar surface area (TPSA) is 28.2 Å². The van der Waals surface area contributed by atoms with Gasteiger partial charge in [0.1, 0.15) is 0 Å². The van der Waals surface area contributed by atoms with E-state index in [0.717, 1.165) is 6.04 Å².